The van der Waals surface area contributed by atoms with Crippen molar-refractivity contribution in [1.82, 2.24) is 0 Å². The Morgan fingerprint density at radius 2 is 1.84 bits per heavy atom. The molecule has 2 aromatic carbocycles. The summed E-state index contributed by atoms with van der Waals surface area (Å²) in [6.07, 6.45) is -0.0919. The number of cyclic esters (lactones) is 1. The maximum atomic E-state index is 14.2. The van der Waals surface area contributed by atoms with Gasteiger partial charge in [0.25, 0.3) is 0 Å². The van der Waals surface area contributed by atoms with Gasteiger partial charge in [-0.05, 0) is 29.8 Å². The van der Waals surface area contributed by atoms with Crippen molar-refractivity contribution in [2.45, 2.75) is 12.3 Å². The number of amides is 1. The molecule has 6 heteroatoms. The molecule has 0 saturated heterocycles. The molecule has 0 aromatic heterocycles. The lowest BCUT2D eigenvalue weighted by molar-refractivity contribution is -0.136. The molecule has 2 heterocycles. The van der Waals surface area contributed by atoms with Gasteiger partial charge in [0.2, 0.25) is 5.91 Å². The summed E-state index contributed by atoms with van der Waals surface area (Å²) >= 11 is 0. The summed E-state index contributed by atoms with van der Waals surface area (Å²) in [7, 11) is 0. The lowest BCUT2D eigenvalue weighted by Gasteiger charge is -2.31. The Bertz CT molecular complexity index is 922. The molecule has 0 unspecified atom stereocenters. The second-order valence-corrected chi connectivity index (χ2v) is 5.92. The first-order chi connectivity index (χ1) is 12.1. The van der Waals surface area contributed by atoms with Crippen LogP contribution in [0.1, 0.15) is 17.9 Å². The molecule has 0 saturated carbocycles. The van der Waals surface area contributed by atoms with E-state index in [0.717, 1.165) is 0 Å². The number of ether oxygens (including phenoxy) is 1. The van der Waals surface area contributed by atoms with E-state index in [1.165, 1.54) is 29.2 Å². The van der Waals surface area contributed by atoms with E-state index >= 15 is 0 Å². The average Bonchev–Trinajstić information content (AvgIpc) is 2.96. The Kier molecular flexibility index (Phi) is 3.60. The third-order valence-corrected chi connectivity index (χ3v) is 4.46. The van der Waals surface area contributed by atoms with Crippen LogP contribution in [0.3, 0.4) is 0 Å². The number of nitrogens with zero attached hydrogens (tertiary/aromatic N) is 1. The van der Waals surface area contributed by atoms with Gasteiger partial charge in [-0.25, -0.2) is 13.6 Å². The second kappa shape index (κ2) is 5.81. The number of hydrogen-bond donors (Lipinski definition) is 0. The lowest BCUT2D eigenvalue weighted by Crippen LogP contribution is -2.37. The van der Waals surface area contributed by atoms with Gasteiger partial charge < -0.3 is 4.74 Å². The van der Waals surface area contributed by atoms with Crippen molar-refractivity contribution < 1.29 is 23.1 Å². The average molecular weight is 341 g/mol. The molecule has 0 bridgehead atoms. The minimum atomic E-state index is -0.705. The van der Waals surface area contributed by atoms with Crippen LogP contribution in [0.5, 0.6) is 0 Å². The molecule has 2 aromatic rings. The van der Waals surface area contributed by atoms with Gasteiger partial charge in [0.05, 0.1) is 17.0 Å². The molecular formula is C19H13F2NO3. The van der Waals surface area contributed by atoms with Gasteiger partial charge in [-0.2, -0.15) is 0 Å². The van der Waals surface area contributed by atoms with Crippen molar-refractivity contribution in [2.75, 3.05) is 11.5 Å². The lowest BCUT2D eigenvalue weighted by atomic mass is 9.84. The first kappa shape index (κ1) is 15.5. The Hall–Kier alpha value is -3.02. The highest BCUT2D eigenvalue weighted by molar-refractivity contribution is 6.06. The smallest absolute Gasteiger partial charge is 0.336 e. The van der Waals surface area contributed by atoms with Crippen molar-refractivity contribution in [3.8, 4) is 0 Å². The number of esters is 1. The van der Waals surface area contributed by atoms with E-state index < -0.39 is 23.5 Å². The van der Waals surface area contributed by atoms with Gasteiger partial charge in [0.1, 0.15) is 18.2 Å². The summed E-state index contributed by atoms with van der Waals surface area (Å²) in [6, 6.07) is 11.6. The van der Waals surface area contributed by atoms with Crippen LogP contribution < -0.4 is 4.90 Å². The quantitative estimate of drug-likeness (QED) is 0.788. The van der Waals surface area contributed by atoms with Crippen LogP contribution in [0, 0.1) is 11.6 Å². The predicted octanol–water partition coefficient (Wildman–Crippen LogP) is 3.30. The number of benzene rings is 2. The zero-order valence-electron chi connectivity index (χ0n) is 13.0. The molecule has 0 N–H and O–H groups in total. The number of halogens is 2. The molecule has 4 nitrogen and oxygen atoms in total. The highest BCUT2D eigenvalue weighted by atomic mass is 19.1. The third-order valence-electron chi connectivity index (χ3n) is 4.46. The maximum Gasteiger partial charge on any atom is 0.336 e. The fourth-order valence-corrected chi connectivity index (χ4v) is 3.39. The first-order valence-electron chi connectivity index (χ1n) is 7.79. The fourth-order valence-electron chi connectivity index (χ4n) is 3.39. The molecule has 1 atom stereocenters. The topological polar surface area (TPSA) is 46.6 Å². The zero-order chi connectivity index (χ0) is 17.6. The van der Waals surface area contributed by atoms with Crippen molar-refractivity contribution in [2.24, 2.45) is 0 Å². The van der Waals surface area contributed by atoms with E-state index in [0.29, 0.717) is 11.4 Å². The van der Waals surface area contributed by atoms with Crippen LogP contribution in [0.15, 0.2) is 59.8 Å². The van der Waals surface area contributed by atoms with E-state index in [9.17, 15) is 18.4 Å². The minimum Gasteiger partial charge on any atom is -0.456 e. The normalized spacial score (nSPS) is 19.9. The number of hydrogen-bond acceptors (Lipinski definition) is 3. The van der Waals surface area contributed by atoms with Crippen LogP contribution in [-0.4, -0.2) is 18.5 Å². The van der Waals surface area contributed by atoms with Crippen LogP contribution in [0.25, 0.3) is 0 Å². The SMILES string of the molecule is O=C1OCC2=C1[C@H](c1ccccc1F)CC(=O)N2c1cccc(F)c1. The van der Waals surface area contributed by atoms with E-state index in [1.807, 2.05) is 0 Å². The minimum absolute atomic E-state index is 0.0919. The Morgan fingerprint density at radius 1 is 1.04 bits per heavy atom. The highest BCUT2D eigenvalue weighted by Gasteiger charge is 2.43. The summed E-state index contributed by atoms with van der Waals surface area (Å²) in [6.45, 7) is -0.0959. The molecule has 25 heavy (non-hydrogen) atoms. The van der Waals surface area contributed by atoms with Gasteiger partial charge in [0, 0.05) is 12.3 Å². The van der Waals surface area contributed by atoms with E-state index in [1.54, 1.807) is 24.3 Å². The van der Waals surface area contributed by atoms with Crippen molar-refractivity contribution in [3.05, 3.63) is 77.0 Å². The molecule has 126 valence electrons. The number of anilines is 1. The monoisotopic (exact) mass is 341 g/mol. The largest absolute Gasteiger partial charge is 0.456 e. The van der Waals surface area contributed by atoms with Crippen molar-refractivity contribution in [3.63, 3.8) is 0 Å². The molecule has 2 aliphatic heterocycles. The summed E-state index contributed by atoms with van der Waals surface area (Å²) in [5, 5.41) is 0. The molecule has 0 radical (unpaired) electrons. The van der Waals surface area contributed by atoms with Crippen LogP contribution in [-0.2, 0) is 14.3 Å². The summed E-state index contributed by atoms with van der Waals surface area (Å²) in [4.78, 5) is 26.3. The molecule has 0 spiro atoms. The Morgan fingerprint density at radius 3 is 2.60 bits per heavy atom. The standard InChI is InChI=1S/C19H13F2NO3/c20-11-4-3-5-12(8-11)22-16-10-25-19(24)18(16)14(9-17(22)23)13-6-1-2-7-15(13)21/h1-8,14H,9-10H2/t14-/m0/s1. The van der Waals surface area contributed by atoms with Gasteiger partial charge in [0.15, 0.2) is 0 Å². The number of carbonyl (C=O) groups excluding carboxylic acids is 2. The second-order valence-electron chi connectivity index (χ2n) is 5.92. The molecule has 1 amide bonds. The zero-order valence-corrected chi connectivity index (χ0v) is 13.0. The van der Waals surface area contributed by atoms with Gasteiger partial charge in [-0.3, -0.25) is 9.69 Å². The Labute approximate surface area is 142 Å². The van der Waals surface area contributed by atoms with Crippen LogP contribution in [0.2, 0.25) is 0 Å². The van der Waals surface area contributed by atoms with E-state index in [-0.39, 0.29) is 30.1 Å². The summed E-state index contributed by atoms with van der Waals surface area (Å²) in [5.74, 6) is -2.59. The Balaban J connectivity index is 1.86. The highest BCUT2D eigenvalue weighted by Crippen LogP contribution is 2.42. The molecular weight excluding hydrogens is 328 g/mol. The summed E-state index contributed by atoms with van der Waals surface area (Å²) in [5.41, 5.74) is 1.21. The molecule has 0 aliphatic carbocycles. The van der Waals surface area contributed by atoms with Crippen LogP contribution in [0.4, 0.5) is 14.5 Å². The fraction of sp³-hybridized carbons (Fsp3) is 0.158. The van der Waals surface area contributed by atoms with E-state index in [2.05, 4.69) is 0 Å². The molecule has 4 rings (SSSR count). The molecule has 0 fully saturated rings. The van der Waals surface area contributed by atoms with Gasteiger partial charge >= 0.3 is 5.97 Å². The first-order valence-corrected chi connectivity index (χ1v) is 7.79. The predicted molar refractivity (Wildman–Crippen MR) is 85.6 cm³/mol. The van der Waals surface area contributed by atoms with Crippen molar-refractivity contribution in [1.29, 1.82) is 0 Å². The van der Waals surface area contributed by atoms with Gasteiger partial charge in [-0.15, -0.1) is 0 Å². The molecule has 2 aliphatic rings. The number of rotatable bonds is 2. The van der Waals surface area contributed by atoms with Crippen molar-refractivity contribution >= 4 is 17.6 Å². The van der Waals surface area contributed by atoms with Crippen LogP contribution >= 0.6 is 0 Å². The van der Waals surface area contributed by atoms with E-state index in [4.69, 9.17) is 4.74 Å². The van der Waals surface area contributed by atoms with Gasteiger partial charge in [-0.1, -0.05) is 24.3 Å². The number of carbonyl (C=O) groups is 2. The summed E-state index contributed by atoms with van der Waals surface area (Å²) < 4.78 is 32.9. The third kappa shape index (κ3) is 2.50. The maximum absolute atomic E-state index is 14.2.